The molecular weight excluding hydrogens is 328 g/mol. The summed E-state index contributed by atoms with van der Waals surface area (Å²) in [7, 11) is 3.22. The van der Waals surface area contributed by atoms with Gasteiger partial charge in [0.25, 0.3) is 12.3 Å². The van der Waals surface area contributed by atoms with Crippen molar-refractivity contribution in [2.24, 2.45) is 14.1 Å². The Balaban J connectivity index is 1.80. The fraction of sp³-hybridized carbons (Fsp3) is 0.250. The van der Waals surface area contributed by atoms with Crippen LogP contribution in [0.4, 0.5) is 13.9 Å². The van der Waals surface area contributed by atoms with Crippen molar-refractivity contribution >= 4 is 22.6 Å². The Bertz CT molecular complexity index is 853. The summed E-state index contributed by atoms with van der Waals surface area (Å²) in [5.74, 6) is -0.305. The lowest BCUT2D eigenvalue weighted by Gasteiger charge is -2.00. The molecule has 3 aromatic rings. The second kappa shape index (κ2) is 5.83. The summed E-state index contributed by atoms with van der Waals surface area (Å²) in [6.45, 7) is 0. The maximum atomic E-state index is 12.9. The molecule has 3 heterocycles. The Morgan fingerprint density at radius 2 is 2.09 bits per heavy atom. The number of alkyl halides is 2. The van der Waals surface area contributed by atoms with E-state index in [1.165, 1.54) is 13.2 Å². The number of halogens is 2. The normalized spacial score (nSPS) is 11.2. The van der Waals surface area contributed by atoms with Gasteiger partial charge in [0.05, 0.1) is 17.3 Å². The average Bonchev–Trinajstić information content (AvgIpc) is 3.18. The molecule has 1 amide bonds. The third kappa shape index (κ3) is 3.08. The van der Waals surface area contributed by atoms with Crippen LogP contribution in [-0.4, -0.2) is 34.8 Å². The lowest BCUT2D eigenvalue weighted by atomic mass is 10.2. The van der Waals surface area contributed by atoms with E-state index in [-0.39, 0.29) is 10.7 Å². The first-order chi connectivity index (χ1) is 10.9. The molecule has 0 unspecified atom stereocenters. The monoisotopic (exact) mass is 339 g/mol. The molecule has 0 aliphatic heterocycles. The third-order valence-electron chi connectivity index (χ3n) is 2.92. The minimum Gasteiger partial charge on any atom is -0.296 e. The Labute approximate surface area is 132 Å². The van der Waals surface area contributed by atoms with Crippen molar-refractivity contribution in [2.45, 2.75) is 6.43 Å². The van der Waals surface area contributed by atoms with E-state index in [1.807, 2.05) is 0 Å². The second-order valence-corrected chi connectivity index (χ2v) is 5.43. The summed E-state index contributed by atoms with van der Waals surface area (Å²) in [4.78, 5) is 16.3. The van der Waals surface area contributed by atoms with Gasteiger partial charge in [0.1, 0.15) is 5.69 Å². The van der Waals surface area contributed by atoms with Gasteiger partial charge in [0, 0.05) is 38.0 Å². The van der Waals surface area contributed by atoms with Crippen LogP contribution in [-0.2, 0) is 14.1 Å². The predicted molar refractivity (Wildman–Crippen MR) is 78.2 cm³/mol. The SMILES string of the molecule is Cn1cc(-c2nsc(NC(=O)c3cn(C)nc3C(F)F)n2)cn1. The third-order valence-corrected chi connectivity index (χ3v) is 3.55. The summed E-state index contributed by atoms with van der Waals surface area (Å²) in [5, 5.41) is 10.3. The van der Waals surface area contributed by atoms with Crippen molar-refractivity contribution in [1.29, 1.82) is 0 Å². The zero-order valence-electron chi connectivity index (χ0n) is 12.1. The topological polar surface area (TPSA) is 90.5 Å². The lowest BCUT2D eigenvalue weighted by Crippen LogP contribution is -2.13. The van der Waals surface area contributed by atoms with Crippen LogP contribution in [0.5, 0.6) is 0 Å². The standard InChI is InChI=1S/C12H11F2N7OS/c1-20-4-6(3-15-20)10-16-12(23-19-10)17-11(22)7-5-21(2)18-8(7)9(13)14/h3-5,9H,1-2H3,(H,16,17,19,22). The molecule has 0 saturated heterocycles. The molecule has 120 valence electrons. The van der Waals surface area contributed by atoms with Crippen molar-refractivity contribution in [3.05, 3.63) is 29.8 Å². The van der Waals surface area contributed by atoms with Gasteiger partial charge in [0.2, 0.25) is 5.13 Å². The van der Waals surface area contributed by atoms with Crippen LogP contribution in [0.25, 0.3) is 11.4 Å². The van der Waals surface area contributed by atoms with E-state index < -0.39 is 18.0 Å². The lowest BCUT2D eigenvalue weighted by molar-refractivity contribution is 0.101. The van der Waals surface area contributed by atoms with Crippen LogP contribution in [0, 0.1) is 0 Å². The van der Waals surface area contributed by atoms with Gasteiger partial charge in [-0.3, -0.25) is 19.5 Å². The Morgan fingerprint density at radius 3 is 2.74 bits per heavy atom. The van der Waals surface area contributed by atoms with Gasteiger partial charge in [-0.2, -0.15) is 19.6 Å². The van der Waals surface area contributed by atoms with Gasteiger partial charge in [-0.1, -0.05) is 0 Å². The van der Waals surface area contributed by atoms with E-state index in [4.69, 9.17) is 0 Å². The molecule has 1 N–H and O–H groups in total. The molecule has 0 fully saturated rings. The first-order valence-corrected chi connectivity index (χ1v) is 7.17. The first-order valence-electron chi connectivity index (χ1n) is 6.40. The number of anilines is 1. The smallest absolute Gasteiger partial charge is 0.282 e. The van der Waals surface area contributed by atoms with E-state index in [1.54, 1.807) is 24.1 Å². The molecule has 0 aliphatic carbocycles. The maximum absolute atomic E-state index is 12.9. The number of hydrogen-bond acceptors (Lipinski definition) is 6. The number of carbonyl (C=O) groups is 1. The molecule has 8 nitrogen and oxygen atoms in total. The van der Waals surface area contributed by atoms with Gasteiger partial charge in [-0.05, 0) is 0 Å². The highest BCUT2D eigenvalue weighted by molar-refractivity contribution is 7.10. The number of nitrogens with one attached hydrogen (secondary N) is 1. The quantitative estimate of drug-likeness (QED) is 0.783. The van der Waals surface area contributed by atoms with E-state index in [9.17, 15) is 13.6 Å². The summed E-state index contributed by atoms with van der Waals surface area (Å²) >= 11 is 0.953. The van der Waals surface area contributed by atoms with Crippen molar-refractivity contribution in [1.82, 2.24) is 28.9 Å². The second-order valence-electron chi connectivity index (χ2n) is 4.68. The molecule has 0 radical (unpaired) electrons. The molecule has 0 spiro atoms. The summed E-state index contributed by atoms with van der Waals surface area (Å²) in [6.07, 6.45) is 1.71. The molecular formula is C12H11F2N7OS. The Morgan fingerprint density at radius 1 is 1.30 bits per heavy atom. The largest absolute Gasteiger partial charge is 0.296 e. The maximum Gasteiger partial charge on any atom is 0.282 e. The molecule has 0 saturated carbocycles. The van der Waals surface area contributed by atoms with Crippen LogP contribution in [0.15, 0.2) is 18.6 Å². The van der Waals surface area contributed by atoms with Gasteiger partial charge in [0.15, 0.2) is 5.82 Å². The zero-order chi connectivity index (χ0) is 16.6. The highest BCUT2D eigenvalue weighted by Crippen LogP contribution is 2.24. The fourth-order valence-corrected chi connectivity index (χ4v) is 2.52. The van der Waals surface area contributed by atoms with Crippen LogP contribution in [0.3, 0.4) is 0 Å². The molecule has 0 aromatic carbocycles. The molecule has 0 atom stereocenters. The summed E-state index contributed by atoms with van der Waals surface area (Å²) < 4.78 is 32.6. The van der Waals surface area contributed by atoms with Crippen LogP contribution in [0.2, 0.25) is 0 Å². The van der Waals surface area contributed by atoms with Gasteiger partial charge in [-0.15, -0.1) is 0 Å². The summed E-state index contributed by atoms with van der Waals surface area (Å²) in [6, 6.07) is 0. The van der Waals surface area contributed by atoms with Crippen LogP contribution < -0.4 is 5.32 Å². The van der Waals surface area contributed by atoms with E-state index >= 15 is 0 Å². The Hall–Kier alpha value is -2.69. The highest BCUT2D eigenvalue weighted by Gasteiger charge is 2.23. The molecule has 11 heteroatoms. The van der Waals surface area contributed by atoms with Gasteiger partial charge < -0.3 is 0 Å². The van der Waals surface area contributed by atoms with E-state index in [0.29, 0.717) is 11.4 Å². The Kier molecular flexibility index (Phi) is 3.86. The minimum atomic E-state index is -2.84. The molecule has 0 aliphatic rings. The number of hydrogen-bond donors (Lipinski definition) is 1. The summed E-state index contributed by atoms with van der Waals surface area (Å²) in [5.41, 5.74) is -0.0680. The van der Waals surface area contributed by atoms with Crippen LogP contribution in [0.1, 0.15) is 22.5 Å². The number of aryl methyl sites for hydroxylation is 2. The minimum absolute atomic E-state index is 0.194. The van der Waals surface area contributed by atoms with Gasteiger partial charge >= 0.3 is 0 Å². The molecule has 3 aromatic heterocycles. The van der Waals surface area contributed by atoms with Crippen molar-refractivity contribution in [3.8, 4) is 11.4 Å². The molecule has 23 heavy (non-hydrogen) atoms. The van der Waals surface area contributed by atoms with Crippen LogP contribution >= 0.6 is 11.5 Å². The van der Waals surface area contributed by atoms with E-state index in [0.717, 1.165) is 16.2 Å². The predicted octanol–water partition coefficient (Wildman–Crippen LogP) is 1.86. The van der Waals surface area contributed by atoms with Crippen molar-refractivity contribution in [3.63, 3.8) is 0 Å². The fourth-order valence-electron chi connectivity index (χ4n) is 1.93. The number of aromatic nitrogens is 6. The number of carbonyl (C=O) groups excluding carboxylic acids is 1. The highest BCUT2D eigenvalue weighted by atomic mass is 32.1. The number of rotatable bonds is 4. The van der Waals surface area contributed by atoms with Crippen molar-refractivity contribution < 1.29 is 13.6 Å². The van der Waals surface area contributed by atoms with Gasteiger partial charge in [-0.25, -0.2) is 8.78 Å². The molecule has 3 rings (SSSR count). The number of amides is 1. The molecule has 0 bridgehead atoms. The van der Waals surface area contributed by atoms with E-state index in [2.05, 4.69) is 24.9 Å². The zero-order valence-corrected chi connectivity index (χ0v) is 12.9. The van der Waals surface area contributed by atoms with Crippen molar-refractivity contribution in [2.75, 3.05) is 5.32 Å². The first kappa shape index (κ1) is 15.2. The number of nitrogens with zero attached hydrogens (tertiary/aromatic N) is 6. The average molecular weight is 339 g/mol.